The Morgan fingerprint density at radius 2 is 2.12 bits per heavy atom. The molecule has 26 heavy (non-hydrogen) atoms. The summed E-state index contributed by atoms with van der Waals surface area (Å²) in [6.45, 7) is 10.7. The van der Waals surface area contributed by atoms with Gasteiger partial charge in [-0.1, -0.05) is 6.92 Å². The number of hydrogen-bond donors (Lipinski definition) is 2. The third kappa shape index (κ3) is 7.38. The van der Waals surface area contributed by atoms with Crippen molar-refractivity contribution in [2.45, 2.75) is 45.9 Å². The average Bonchev–Trinajstić information content (AvgIpc) is 2.96. The molecule has 1 aromatic heterocycles. The second-order valence-electron chi connectivity index (χ2n) is 7.51. The number of ether oxygens (including phenoxy) is 1. The fraction of sp³-hybridized carbons (Fsp3) is 0.706. The zero-order valence-electron chi connectivity index (χ0n) is 16.2. The van der Waals surface area contributed by atoms with Crippen LogP contribution in [0.15, 0.2) is 23.5 Å². The summed E-state index contributed by atoms with van der Waals surface area (Å²) < 4.78 is 7.28. The molecule has 2 rings (SSSR count). The van der Waals surface area contributed by atoms with E-state index in [2.05, 4.69) is 27.6 Å². The lowest BCUT2D eigenvalue weighted by molar-refractivity contribution is 0.00701. The highest BCUT2D eigenvalue weighted by Gasteiger charge is 2.34. The summed E-state index contributed by atoms with van der Waals surface area (Å²) in [5.74, 6) is 1.17. The molecule has 148 valence electrons. The maximum Gasteiger partial charge on any atom is 0.410 e. The Labute approximate surface area is 172 Å². The number of rotatable bonds is 5. The first-order valence-corrected chi connectivity index (χ1v) is 8.69. The summed E-state index contributed by atoms with van der Waals surface area (Å²) in [6.07, 6.45) is 3.48. The molecule has 1 aliphatic heterocycles. The van der Waals surface area contributed by atoms with E-state index in [1.54, 1.807) is 18.1 Å². The van der Waals surface area contributed by atoms with Gasteiger partial charge in [-0.05, 0) is 32.8 Å². The van der Waals surface area contributed by atoms with Gasteiger partial charge in [-0.15, -0.1) is 24.0 Å². The van der Waals surface area contributed by atoms with Gasteiger partial charge in [0.15, 0.2) is 5.96 Å². The Morgan fingerprint density at radius 3 is 2.65 bits per heavy atom. The molecule has 1 amide bonds. The Kier molecular flexibility index (Phi) is 8.65. The number of aromatic nitrogens is 2. The largest absolute Gasteiger partial charge is 0.444 e. The Bertz CT molecular complexity index is 579. The van der Waals surface area contributed by atoms with Crippen molar-refractivity contribution in [3.8, 4) is 0 Å². The van der Waals surface area contributed by atoms with Crippen LogP contribution >= 0.6 is 24.0 Å². The molecule has 0 aromatic carbocycles. The number of halogens is 1. The first kappa shape index (κ1) is 22.5. The molecule has 2 N–H and O–H groups in total. The second kappa shape index (κ2) is 9.98. The van der Waals surface area contributed by atoms with Crippen LogP contribution in [0.1, 0.15) is 27.7 Å². The van der Waals surface area contributed by atoms with Crippen molar-refractivity contribution in [3.05, 3.63) is 18.5 Å². The molecule has 0 spiro atoms. The lowest BCUT2D eigenvalue weighted by Crippen LogP contribution is -2.63. The molecule has 0 bridgehead atoms. The summed E-state index contributed by atoms with van der Waals surface area (Å²) in [6, 6.07) is 2.12. The Morgan fingerprint density at radius 1 is 1.42 bits per heavy atom. The van der Waals surface area contributed by atoms with Crippen LogP contribution in [0.4, 0.5) is 4.79 Å². The lowest BCUT2D eigenvalue weighted by Gasteiger charge is -2.40. The van der Waals surface area contributed by atoms with E-state index in [0.717, 1.165) is 19.0 Å². The highest BCUT2D eigenvalue weighted by Crippen LogP contribution is 2.15. The number of carbonyl (C=O) groups is 1. The van der Waals surface area contributed by atoms with Crippen LogP contribution in [0.5, 0.6) is 0 Å². The van der Waals surface area contributed by atoms with Crippen molar-refractivity contribution in [2.24, 2.45) is 10.9 Å². The van der Waals surface area contributed by atoms with Crippen molar-refractivity contribution < 1.29 is 9.53 Å². The zero-order chi connectivity index (χ0) is 18.4. The van der Waals surface area contributed by atoms with Crippen LogP contribution in [-0.2, 0) is 11.3 Å². The molecular weight excluding hydrogens is 447 g/mol. The van der Waals surface area contributed by atoms with Gasteiger partial charge in [0.1, 0.15) is 5.60 Å². The first-order chi connectivity index (χ1) is 11.8. The topological polar surface area (TPSA) is 83.8 Å². The third-order valence-corrected chi connectivity index (χ3v) is 3.77. The van der Waals surface area contributed by atoms with E-state index in [4.69, 9.17) is 4.74 Å². The van der Waals surface area contributed by atoms with Crippen LogP contribution in [0.2, 0.25) is 0 Å². The van der Waals surface area contributed by atoms with Crippen molar-refractivity contribution in [3.63, 3.8) is 0 Å². The van der Waals surface area contributed by atoms with Crippen LogP contribution in [0, 0.1) is 5.92 Å². The SMILES string of the molecule is CN=C(NCC(C)Cn1cccn1)NC1CN(C(=O)OC(C)(C)C)C1.I. The first-order valence-electron chi connectivity index (χ1n) is 8.69. The molecule has 1 unspecified atom stereocenters. The maximum atomic E-state index is 11.9. The summed E-state index contributed by atoms with van der Waals surface area (Å²) in [4.78, 5) is 17.9. The standard InChI is InChI=1S/C17H30N6O2.HI/c1-13(10-23-8-6-7-20-23)9-19-15(18-5)21-14-11-22(12-14)16(24)25-17(2,3)4;/h6-8,13-14H,9-12H2,1-5H3,(H2,18,19,21);1H. The highest BCUT2D eigenvalue weighted by molar-refractivity contribution is 14.0. The molecule has 1 fully saturated rings. The van der Waals surface area contributed by atoms with Gasteiger partial charge in [0, 0.05) is 45.6 Å². The van der Waals surface area contributed by atoms with Gasteiger partial charge in [-0.2, -0.15) is 5.10 Å². The maximum absolute atomic E-state index is 11.9. The molecule has 1 atom stereocenters. The van der Waals surface area contributed by atoms with Gasteiger partial charge in [-0.3, -0.25) is 9.67 Å². The number of nitrogens with zero attached hydrogens (tertiary/aromatic N) is 4. The van der Waals surface area contributed by atoms with E-state index < -0.39 is 5.60 Å². The van der Waals surface area contributed by atoms with Gasteiger partial charge < -0.3 is 20.3 Å². The highest BCUT2D eigenvalue weighted by atomic mass is 127. The number of nitrogens with one attached hydrogen (secondary N) is 2. The number of guanidine groups is 1. The van der Waals surface area contributed by atoms with Crippen LogP contribution in [-0.4, -0.2) is 65.1 Å². The third-order valence-electron chi connectivity index (χ3n) is 3.77. The molecule has 1 aliphatic rings. The molecule has 0 saturated carbocycles. The number of likely N-dealkylation sites (tertiary alicyclic amines) is 1. The molecule has 2 heterocycles. The van der Waals surface area contributed by atoms with E-state index in [-0.39, 0.29) is 36.1 Å². The molecule has 8 nitrogen and oxygen atoms in total. The molecule has 9 heteroatoms. The summed E-state index contributed by atoms with van der Waals surface area (Å²) in [5, 5.41) is 10.9. The average molecular weight is 478 g/mol. The van der Waals surface area contributed by atoms with Crippen molar-refractivity contribution in [1.82, 2.24) is 25.3 Å². The molecule has 1 saturated heterocycles. The van der Waals surface area contributed by atoms with E-state index in [1.807, 2.05) is 37.7 Å². The summed E-state index contributed by atoms with van der Waals surface area (Å²) in [7, 11) is 1.75. The van der Waals surface area contributed by atoms with Crippen LogP contribution in [0.3, 0.4) is 0 Å². The fourth-order valence-electron chi connectivity index (χ4n) is 2.50. The Hall–Kier alpha value is -1.52. The number of carbonyl (C=O) groups excluding carboxylic acids is 1. The van der Waals surface area contributed by atoms with Crippen molar-refractivity contribution in [1.29, 1.82) is 0 Å². The minimum atomic E-state index is -0.460. The van der Waals surface area contributed by atoms with Gasteiger partial charge in [0.25, 0.3) is 0 Å². The fourth-order valence-corrected chi connectivity index (χ4v) is 2.50. The smallest absolute Gasteiger partial charge is 0.410 e. The van der Waals surface area contributed by atoms with Gasteiger partial charge in [-0.25, -0.2) is 4.79 Å². The van der Waals surface area contributed by atoms with Crippen LogP contribution < -0.4 is 10.6 Å². The van der Waals surface area contributed by atoms with Crippen molar-refractivity contribution in [2.75, 3.05) is 26.7 Å². The predicted molar refractivity (Wildman–Crippen MR) is 113 cm³/mol. The lowest BCUT2D eigenvalue weighted by atomic mass is 10.1. The van der Waals surface area contributed by atoms with E-state index in [1.165, 1.54) is 0 Å². The number of aliphatic imine (C=N–C) groups is 1. The summed E-state index contributed by atoms with van der Waals surface area (Å²) in [5.41, 5.74) is -0.460. The zero-order valence-corrected chi connectivity index (χ0v) is 18.6. The minimum Gasteiger partial charge on any atom is -0.444 e. The van der Waals surface area contributed by atoms with Gasteiger partial charge in [0.05, 0.1) is 6.04 Å². The van der Waals surface area contributed by atoms with Crippen molar-refractivity contribution >= 4 is 36.0 Å². The van der Waals surface area contributed by atoms with E-state index >= 15 is 0 Å². The van der Waals surface area contributed by atoms with Gasteiger partial charge >= 0.3 is 6.09 Å². The van der Waals surface area contributed by atoms with Crippen LogP contribution in [0.25, 0.3) is 0 Å². The number of hydrogen-bond acceptors (Lipinski definition) is 4. The molecule has 0 aliphatic carbocycles. The molecular formula is C17H31IN6O2. The molecule has 0 radical (unpaired) electrons. The normalized spacial score (nSPS) is 16.3. The molecule has 1 aromatic rings. The Balaban J connectivity index is 0.00000338. The van der Waals surface area contributed by atoms with Gasteiger partial charge in [0.2, 0.25) is 0 Å². The van der Waals surface area contributed by atoms with E-state index in [9.17, 15) is 4.79 Å². The number of amides is 1. The minimum absolute atomic E-state index is 0. The summed E-state index contributed by atoms with van der Waals surface area (Å²) >= 11 is 0. The predicted octanol–water partition coefficient (Wildman–Crippen LogP) is 1.92. The van der Waals surface area contributed by atoms with E-state index in [0.29, 0.717) is 19.0 Å². The quantitative estimate of drug-likeness (QED) is 0.384. The second-order valence-corrected chi connectivity index (χ2v) is 7.51. The monoisotopic (exact) mass is 478 g/mol.